The highest BCUT2D eigenvalue weighted by Gasteiger charge is 2.27. The molecule has 0 saturated carbocycles. The van der Waals surface area contributed by atoms with Gasteiger partial charge in [-0.15, -0.1) is 0 Å². The summed E-state index contributed by atoms with van der Waals surface area (Å²) in [6.45, 7) is 10.9. The number of aliphatic carboxylic acids is 1. The maximum Gasteiger partial charge on any atom is 0.307 e. The lowest BCUT2D eigenvalue weighted by molar-refractivity contribution is -0.140. The van der Waals surface area contributed by atoms with Crippen molar-refractivity contribution < 1.29 is 19.4 Å². The van der Waals surface area contributed by atoms with Gasteiger partial charge in [0.2, 0.25) is 5.91 Å². The topological polar surface area (TPSA) is 66.8 Å². The summed E-state index contributed by atoms with van der Waals surface area (Å²) in [5.41, 5.74) is 4.14. The Kier molecular flexibility index (Phi) is 7.07. The molecule has 0 heterocycles. The lowest BCUT2D eigenvalue weighted by atomic mass is 9.92. The van der Waals surface area contributed by atoms with Crippen LogP contribution in [0.3, 0.4) is 0 Å². The molecule has 0 aliphatic rings. The first-order valence-corrected chi connectivity index (χ1v) is 9.84. The number of hydrogen-bond acceptors (Lipinski definition) is 3. The molecule has 0 atom stereocenters. The average molecular weight is 398 g/mol. The molecular weight excluding hydrogens is 366 g/mol. The van der Waals surface area contributed by atoms with Gasteiger partial charge in [0.1, 0.15) is 5.75 Å². The molecular formula is C24H31NO4. The van der Waals surface area contributed by atoms with Crippen molar-refractivity contribution in [1.82, 2.24) is 4.90 Å². The molecule has 0 saturated heterocycles. The Hall–Kier alpha value is -2.82. The van der Waals surface area contributed by atoms with Crippen LogP contribution in [0.15, 0.2) is 36.4 Å². The summed E-state index contributed by atoms with van der Waals surface area (Å²) < 4.78 is 5.55. The molecule has 0 spiro atoms. The highest BCUT2D eigenvalue weighted by Crippen LogP contribution is 2.35. The third-order valence-corrected chi connectivity index (χ3v) is 4.84. The fourth-order valence-electron chi connectivity index (χ4n) is 3.37. The number of rotatable bonds is 7. The Morgan fingerprint density at radius 2 is 1.76 bits per heavy atom. The van der Waals surface area contributed by atoms with Gasteiger partial charge < -0.3 is 14.7 Å². The van der Waals surface area contributed by atoms with E-state index in [1.807, 2.05) is 57.7 Å². The molecule has 5 heteroatoms. The molecule has 0 radical (unpaired) electrons. The van der Waals surface area contributed by atoms with Gasteiger partial charge in [-0.25, -0.2) is 0 Å². The van der Waals surface area contributed by atoms with Crippen LogP contribution in [0.5, 0.6) is 5.75 Å². The number of carboxylic acid groups (broad SMARTS) is 1. The van der Waals surface area contributed by atoms with Crippen molar-refractivity contribution in [3.63, 3.8) is 0 Å². The minimum Gasteiger partial charge on any atom is -0.496 e. The molecule has 1 N–H and O–H groups in total. The maximum absolute atomic E-state index is 12.9. The van der Waals surface area contributed by atoms with Crippen LogP contribution in [0, 0.1) is 12.3 Å². The fraction of sp³-hybridized carbons (Fsp3) is 0.417. The van der Waals surface area contributed by atoms with Crippen LogP contribution >= 0.6 is 0 Å². The molecule has 0 aliphatic heterocycles. The van der Waals surface area contributed by atoms with Crippen molar-refractivity contribution in [2.75, 3.05) is 13.7 Å². The number of amides is 1. The first-order chi connectivity index (χ1) is 13.6. The van der Waals surface area contributed by atoms with Gasteiger partial charge in [-0.1, -0.05) is 50.6 Å². The van der Waals surface area contributed by atoms with E-state index in [0.717, 1.165) is 22.3 Å². The molecule has 156 valence electrons. The van der Waals surface area contributed by atoms with Crippen molar-refractivity contribution in [2.24, 2.45) is 5.41 Å². The zero-order valence-corrected chi connectivity index (χ0v) is 18.2. The molecule has 2 aromatic rings. The quantitative estimate of drug-likeness (QED) is 0.736. The highest BCUT2D eigenvalue weighted by molar-refractivity contribution is 5.82. The van der Waals surface area contributed by atoms with Crippen molar-refractivity contribution in [2.45, 2.75) is 47.6 Å². The van der Waals surface area contributed by atoms with Crippen molar-refractivity contribution in [3.8, 4) is 16.9 Å². The lowest BCUT2D eigenvalue weighted by Gasteiger charge is -2.29. The number of carbonyl (C=O) groups is 2. The van der Waals surface area contributed by atoms with Crippen LogP contribution in [0.4, 0.5) is 0 Å². The predicted molar refractivity (Wildman–Crippen MR) is 115 cm³/mol. The zero-order valence-electron chi connectivity index (χ0n) is 18.2. The molecule has 2 rings (SSSR count). The van der Waals surface area contributed by atoms with Gasteiger partial charge in [0.05, 0.1) is 13.5 Å². The smallest absolute Gasteiger partial charge is 0.307 e. The number of hydrogen-bond donors (Lipinski definition) is 1. The van der Waals surface area contributed by atoms with E-state index >= 15 is 0 Å². The van der Waals surface area contributed by atoms with Gasteiger partial charge in [0.25, 0.3) is 0 Å². The minimum absolute atomic E-state index is 0.0538. The van der Waals surface area contributed by atoms with E-state index < -0.39 is 11.4 Å². The Morgan fingerprint density at radius 1 is 1.07 bits per heavy atom. The van der Waals surface area contributed by atoms with Gasteiger partial charge in [-0.2, -0.15) is 0 Å². The Labute approximate surface area is 173 Å². The summed E-state index contributed by atoms with van der Waals surface area (Å²) in [5.74, 6) is -0.105. The fourth-order valence-corrected chi connectivity index (χ4v) is 3.37. The number of aryl methyl sites for hydroxylation is 1. The van der Waals surface area contributed by atoms with Crippen LogP contribution in [0.1, 0.15) is 44.4 Å². The number of carboxylic acids is 1. The number of benzene rings is 2. The van der Waals surface area contributed by atoms with Gasteiger partial charge in [-0.05, 0) is 42.7 Å². The Balaban J connectivity index is 2.55. The van der Waals surface area contributed by atoms with Crippen LogP contribution in [0.25, 0.3) is 11.1 Å². The number of methoxy groups -OCH3 is 1. The van der Waals surface area contributed by atoms with Crippen molar-refractivity contribution in [3.05, 3.63) is 53.1 Å². The van der Waals surface area contributed by atoms with Crippen molar-refractivity contribution in [1.29, 1.82) is 0 Å². The normalized spacial score (nSPS) is 11.2. The second kappa shape index (κ2) is 9.12. The van der Waals surface area contributed by atoms with Crippen LogP contribution < -0.4 is 4.74 Å². The summed E-state index contributed by atoms with van der Waals surface area (Å²) in [6, 6.07) is 11.5. The third kappa shape index (κ3) is 5.59. The van der Waals surface area contributed by atoms with E-state index in [2.05, 4.69) is 6.07 Å². The standard InChI is InChI=1S/C24H31NO4/c1-7-25(23(28)24(3,4)5)15-18-12-16(2)8-10-19(18)20-13-17(14-22(26)27)9-11-21(20)29-6/h8-13H,7,14-15H2,1-6H3,(H,26,27). The van der Waals surface area contributed by atoms with E-state index in [0.29, 0.717) is 24.4 Å². The summed E-state index contributed by atoms with van der Waals surface area (Å²) in [7, 11) is 1.60. The first-order valence-electron chi connectivity index (χ1n) is 9.84. The Bertz CT molecular complexity index is 896. The highest BCUT2D eigenvalue weighted by atomic mass is 16.5. The number of carbonyl (C=O) groups excluding carboxylic acids is 1. The lowest BCUT2D eigenvalue weighted by Crippen LogP contribution is -2.39. The van der Waals surface area contributed by atoms with Gasteiger partial charge in [-0.3, -0.25) is 9.59 Å². The summed E-state index contributed by atoms with van der Waals surface area (Å²) >= 11 is 0. The molecule has 0 unspecified atom stereocenters. The molecule has 29 heavy (non-hydrogen) atoms. The van der Waals surface area contributed by atoms with Gasteiger partial charge in [0.15, 0.2) is 0 Å². The van der Waals surface area contributed by atoms with E-state index in [4.69, 9.17) is 9.84 Å². The first kappa shape index (κ1) is 22.5. The minimum atomic E-state index is -0.877. The monoisotopic (exact) mass is 397 g/mol. The predicted octanol–water partition coefficient (Wildman–Crippen LogP) is 4.69. The summed E-state index contributed by atoms with van der Waals surface area (Å²) in [5, 5.41) is 9.16. The summed E-state index contributed by atoms with van der Waals surface area (Å²) in [6.07, 6.45) is -0.0538. The van der Waals surface area contributed by atoms with E-state index in [1.165, 1.54) is 0 Å². The van der Waals surface area contributed by atoms with Crippen LogP contribution in [-0.2, 0) is 22.6 Å². The molecule has 0 bridgehead atoms. The zero-order chi connectivity index (χ0) is 21.8. The van der Waals surface area contributed by atoms with Crippen LogP contribution in [0.2, 0.25) is 0 Å². The largest absolute Gasteiger partial charge is 0.496 e. The summed E-state index contributed by atoms with van der Waals surface area (Å²) in [4.78, 5) is 25.9. The second-order valence-electron chi connectivity index (χ2n) is 8.34. The van der Waals surface area contributed by atoms with Gasteiger partial charge in [0, 0.05) is 24.1 Å². The van der Waals surface area contributed by atoms with E-state index in [-0.39, 0.29) is 12.3 Å². The second-order valence-corrected chi connectivity index (χ2v) is 8.34. The van der Waals surface area contributed by atoms with Gasteiger partial charge >= 0.3 is 5.97 Å². The molecule has 0 aromatic heterocycles. The molecule has 0 fully saturated rings. The average Bonchev–Trinajstić information content (AvgIpc) is 2.64. The van der Waals surface area contributed by atoms with Crippen molar-refractivity contribution >= 4 is 11.9 Å². The molecule has 2 aromatic carbocycles. The number of ether oxygens (including phenoxy) is 1. The van der Waals surface area contributed by atoms with E-state index in [1.54, 1.807) is 19.2 Å². The SMILES string of the molecule is CCN(Cc1cc(C)ccc1-c1cc(CC(=O)O)ccc1OC)C(=O)C(C)(C)C. The molecule has 5 nitrogen and oxygen atoms in total. The number of nitrogens with zero attached hydrogens (tertiary/aromatic N) is 1. The van der Waals surface area contributed by atoms with Crippen LogP contribution in [-0.4, -0.2) is 35.5 Å². The van der Waals surface area contributed by atoms with E-state index in [9.17, 15) is 9.59 Å². The molecule has 0 aliphatic carbocycles. The molecule has 1 amide bonds. The maximum atomic E-state index is 12.9. The Morgan fingerprint density at radius 3 is 2.31 bits per heavy atom. The third-order valence-electron chi connectivity index (χ3n) is 4.84.